The van der Waals surface area contributed by atoms with E-state index in [-0.39, 0.29) is 69.4 Å². The largest absolute Gasteiger partial charge is 0.459 e. The molecule has 13 heteroatoms. The number of nitrogens with one attached hydrogen (secondary N) is 2. The highest BCUT2D eigenvalue weighted by Crippen LogP contribution is 2.50. The van der Waals surface area contributed by atoms with Gasteiger partial charge in [0, 0.05) is 42.9 Å². The lowest BCUT2D eigenvalue weighted by molar-refractivity contribution is -0.131. The first-order valence-electron chi connectivity index (χ1n) is 19.4. The molecule has 5 atom stereocenters. The highest BCUT2D eigenvalue weighted by Gasteiger charge is 2.49. The second kappa shape index (κ2) is 15.6. The van der Waals surface area contributed by atoms with Gasteiger partial charge in [-0.2, -0.15) is 0 Å². The Morgan fingerprint density at radius 2 is 1.60 bits per heavy atom. The Hall–Kier alpha value is -3.63. The first-order valence-corrected chi connectivity index (χ1v) is 19.4. The van der Waals surface area contributed by atoms with Gasteiger partial charge in [-0.05, 0) is 55.8 Å². The number of hydrogen-bond donors (Lipinski definition) is 2. The molecule has 13 nitrogen and oxygen atoms in total. The molecule has 3 aliphatic rings. The maximum absolute atomic E-state index is 14.6. The van der Waals surface area contributed by atoms with Gasteiger partial charge in [-0.3, -0.25) is 9.89 Å². The first-order chi connectivity index (χ1) is 24.7. The molecule has 2 amide bonds. The fourth-order valence-corrected chi connectivity index (χ4v) is 8.34. The zero-order valence-electron chi connectivity index (χ0n) is 33.8. The Kier molecular flexibility index (Phi) is 11.9. The van der Waals surface area contributed by atoms with Crippen molar-refractivity contribution >= 4 is 29.3 Å². The van der Waals surface area contributed by atoms with Crippen molar-refractivity contribution in [1.29, 1.82) is 0 Å². The SMILES string of the molecule is [C-]#[N+]c1c(C(=O)OC2C(C(C)(C)C)CC(C)CC2C(C)(C)C)c2nc(C3CCC(OCC)C(NC(=O)C(C)(C)C)C3)[nH]n2c1OC(=O)N1CCOCC1. The molecule has 1 saturated heterocycles. The maximum Gasteiger partial charge on any atom is 0.415 e. The molecular formula is C40H62N6O7. The quantitative estimate of drug-likeness (QED) is 0.220. The highest BCUT2D eigenvalue weighted by atomic mass is 16.6. The van der Waals surface area contributed by atoms with E-state index in [1.54, 1.807) is 0 Å². The molecule has 3 heterocycles. The van der Waals surface area contributed by atoms with Gasteiger partial charge in [-0.1, -0.05) is 69.2 Å². The van der Waals surface area contributed by atoms with Crippen molar-refractivity contribution in [3.63, 3.8) is 0 Å². The van der Waals surface area contributed by atoms with Crippen LogP contribution in [0, 0.1) is 40.6 Å². The fraction of sp³-hybridized carbons (Fsp3) is 0.775. The minimum atomic E-state index is -0.654. The number of carbonyl (C=O) groups excluding carboxylic acids is 3. The zero-order valence-corrected chi connectivity index (χ0v) is 33.8. The lowest BCUT2D eigenvalue weighted by atomic mass is 9.59. The Labute approximate surface area is 315 Å². The van der Waals surface area contributed by atoms with Gasteiger partial charge in [0.1, 0.15) is 17.5 Å². The second-order valence-electron chi connectivity index (χ2n) is 18.6. The number of aromatic amines is 1. The maximum atomic E-state index is 14.6. The number of H-pyrrole nitrogens is 1. The molecule has 0 bridgehead atoms. The Balaban J connectivity index is 1.57. The number of hydrogen-bond acceptors (Lipinski definition) is 8. The molecule has 0 aromatic carbocycles. The van der Waals surface area contributed by atoms with E-state index in [0.29, 0.717) is 63.9 Å². The van der Waals surface area contributed by atoms with Crippen LogP contribution in [0.25, 0.3) is 10.5 Å². The van der Waals surface area contributed by atoms with E-state index in [4.69, 9.17) is 30.5 Å². The van der Waals surface area contributed by atoms with E-state index in [2.05, 4.69) is 63.7 Å². The Bertz CT molecular complexity index is 1660. The predicted octanol–water partition coefficient (Wildman–Crippen LogP) is 7.53. The number of carbonyl (C=O) groups is 3. The third kappa shape index (κ3) is 8.86. The lowest BCUT2D eigenvalue weighted by Gasteiger charge is -2.50. The molecule has 2 aromatic heterocycles. The summed E-state index contributed by atoms with van der Waals surface area (Å²) in [5.74, 6) is 0.234. The van der Waals surface area contributed by atoms with Gasteiger partial charge in [0.2, 0.25) is 11.8 Å². The van der Waals surface area contributed by atoms with Crippen LogP contribution in [0.5, 0.6) is 5.88 Å². The van der Waals surface area contributed by atoms with Crippen molar-refractivity contribution in [2.24, 2.45) is 34.0 Å². The van der Waals surface area contributed by atoms with Crippen molar-refractivity contribution < 1.29 is 33.3 Å². The van der Waals surface area contributed by atoms with Gasteiger partial charge in [0.25, 0.3) is 5.69 Å². The van der Waals surface area contributed by atoms with Crippen LogP contribution in [0.2, 0.25) is 0 Å². The standard InChI is InChI=1S/C40H62N6O7/c1-13-51-28-15-14-24(22-27(28)42-36(48)40(9,10)11)32-43-33-29(30(41-12)34(46(33)44-32)53-37(49)45-16-18-50-19-17-45)35(47)52-31-25(38(3,4)5)20-23(2)21-26(31)39(6,7)8/h23-28,31H,13-22H2,1-11H3,(H,42,48)(H,43,44). The summed E-state index contributed by atoms with van der Waals surface area (Å²) in [5.41, 5.74) is -0.830. The van der Waals surface area contributed by atoms with Crippen molar-refractivity contribution in [3.8, 4) is 5.88 Å². The van der Waals surface area contributed by atoms with Gasteiger partial charge in [0.05, 0.1) is 31.9 Å². The van der Waals surface area contributed by atoms with Gasteiger partial charge < -0.3 is 29.2 Å². The van der Waals surface area contributed by atoms with E-state index < -0.39 is 23.6 Å². The van der Waals surface area contributed by atoms with Crippen LogP contribution >= 0.6 is 0 Å². The van der Waals surface area contributed by atoms with E-state index in [0.717, 1.165) is 12.8 Å². The van der Waals surface area contributed by atoms with Crippen LogP contribution in [0.3, 0.4) is 0 Å². The molecule has 1 aliphatic heterocycles. The van der Waals surface area contributed by atoms with Crippen molar-refractivity contribution in [1.82, 2.24) is 24.8 Å². The molecule has 2 aromatic rings. The molecule has 2 N–H and O–H groups in total. The molecule has 53 heavy (non-hydrogen) atoms. The van der Waals surface area contributed by atoms with Crippen LogP contribution in [0.4, 0.5) is 10.5 Å². The summed E-state index contributed by atoms with van der Waals surface area (Å²) >= 11 is 0. The number of morpholine rings is 1. The normalized spacial score (nSPS) is 27.3. The van der Waals surface area contributed by atoms with E-state index in [9.17, 15) is 14.4 Å². The number of ether oxygens (including phenoxy) is 4. The lowest BCUT2D eigenvalue weighted by Crippen LogP contribution is -2.50. The number of nitrogens with zero attached hydrogens (tertiary/aromatic N) is 4. The van der Waals surface area contributed by atoms with Gasteiger partial charge in [-0.25, -0.2) is 23.9 Å². The second-order valence-corrected chi connectivity index (χ2v) is 18.6. The van der Waals surface area contributed by atoms with Gasteiger partial charge in [0.15, 0.2) is 5.65 Å². The average molecular weight is 739 g/mol. The van der Waals surface area contributed by atoms with E-state index in [1.165, 1.54) is 9.42 Å². The number of rotatable bonds is 7. The summed E-state index contributed by atoms with van der Waals surface area (Å²) in [4.78, 5) is 51.5. The minimum absolute atomic E-state index is 0.0215. The molecule has 0 radical (unpaired) electrons. The molecule has 0 spiro atoms. The topological polar surface area (TPSA) is 141 Å². The summed E-state index contributed by atoms with van der Waals surface area (Å²) in [6, 6.07) is -0.260. The first kappa shape index (κ1) is 40.6. The molecule has 5 rings (SSSR count). The number of aromatic nitrogens is 3. The monoisotopic (exact) mass is 738 g/mol. The summed E-state index contributed by atoms with van der Waals surface area (Å²) < 4.78 is 25.5. The molecule has 5 unspecified atom stereocenters. The molecular weight excluding hydrogens is 676 g/mol. The van der Waals surface area contributed by atoms with Crippen molar-refractivity contribution in [2.75, 3.05) is 32.9 Å². The predicted molar refractivity (Wildman–Crippen MR) is 201 cm³/mol. The van der Waals surface area contributed by atoms with Gasteiger partial charge in [-0.15, -0.1) is 0 Å². The number of fused-ring (bicyclic) bond motifs is 1. The summed E-state index contributed by atoms with van der Waals surface area (Å²) in [6.45, 7) is 33.2. The van der Waals surface area contributed by atoms with Crippen LogP contribution in [-0.4, -0.2) is 88.6 Å². The minimum Gasteiger partial charge on any atom is -0.459 e. The third-order valence-electron chi connectivity index (χ3n) is 11.4. The average Bonchev–Trinajstić information content (AvgIpc) is 3.62. The smallest absolute Gasteiger partial charge is 0.415 e. The summed E-state index contributed by atoms with van der Waals surface area (Å²) in [6.07, 6.45) is 2.58. The fourth-order valence-electron chi connectivity index (χ4n) is 8.34. The molecule has 3 fully saturated rings. The molecule has 294 valence electrons. The zero-order chi connectivity index (χ0) is 39.0. The van der Waals surface area contributed by atoms with Crippen molar-refractivity contribution in [3.05, 3.63) is 22.8 Å². The van der Waals surface area contributed by atoms with Crippen LogP contribution in [0.1, 0.15) is 130 Å². The highest BCUT2D eigenvalue weighted by molar-refractivity contribution is 6.05. The summed E-state index contributed by atoms with van der Waals surface area (Å²) in [7, 11) is 0. The van der Waals surface area contributed by atoms with Gasteiger partial charge >= 0.3 is 12.1 Å². The van der Waals surface area contributed by atoms with E-state index in [1.807, 2.05) is 27.7 Å². The molecule has 2 aliphatic carbocycles. The van der Waals surface area contributed by atoms with Crippen molar-refractivity contribution in [2.45, 2.75) is 132 Å². The number of amides is 2. The van der Waals surface area contributed by atoms with Crippen LogP contribution in [0.15, 0.2) is 0 Å². The number of esters is 1. The van der Waals surface area contributed by atoms with Crippen LogP contribution in [-0.2, 0) is 19.0 Å². The Morgan fingerprint density at radius 3 is 2.15 bits per heavy atom. The summed E-state index contributed by atoms with van der Waals surface area (Å²) in [5, 5.41) is 6.51. The van der Waals surface area contributed by atoms with Crippen LogP contribution < -0.4 is 10.1 Å². The molecule has 2 saturated carbocycles. The Morgan fingerprint density at radius 1 is 0.981 bits per heavy atom. The third-order valence-corrected chi connectivity index (χ3v) is 11.4. The van der Waals surface area contributed by atoms with E-state index >= 15 is 0 Å².